The predicted octanol–water partition coefficient (Wildman–Crippen LogP) is 2.63. The molecule has 0 aromatic heterocycles. The first-order valence-corrected chi connectivity index (χ1v) is 8.86. The van der Waals surface area contributed by atoms with Crippen LogP contribution in [0.3, 0.4) is 0 Å². The minimum atomic E-state index is -0.402. The Morgan fingerprint density at radius 3 is 1.47 bits per heavy atom. The summed E-state index contributed by atoms with van der Waals surface area (Å²) in [6, 6.07) is 18.8. The molecule has 0 bridgehead atoms. The van der Waals surface area contributed by atoms with Gasteiger partial charge in [0.15, 0.2) is 0 Å². The van der Waals surface area contributed by atoms with Crippen molar-refractivity contribution in [1.29, 1.82) is 0 Å². The smallest absolute Gasteiger partial charge is 0.271 e. The van der Waals surface area contributed by atoms with Gasteiger partial charge in [0.2, 0.25) is 0 Å². The Labute approximate surface area is 172 Å². The maximum absolute atomic E-state index is 12.0. The van der Waals surface area contributed by atoms with E-state index in [1.165, 1.54) is 61.0 Å². The molecular formula is C22H18N4O4. The van der Waals surface area contributed by atoms with Crippen LogP contribution in [0.4, 0.5) is 0 Å². The van der Waals surface area contributed by atoms with E-state index >= 15 is 0 Å². The lowest BCUT2D eigenvalue weighted by molar-refractivity contribution is 0.0947. The second kappa shape index (κ2) is 9.65. The van der Waals surface area contributed by atoms with Crippen molar-refractivity contribution in [3.63, 3.8) is 0 Å². The number of phenolic OH excluding ortho intramolecular Hbond substituents is 2. The van der Waals surface area contributed by atoms with Crippen LogP contribution in [0, 0.1) is 0 Å². The summed E-state index contributed by atoms with van der Waals surface area (Å²) >= 11 is 0. The summed E-state index contributed by atoms with van der Waals surface area (Å²) < 4.78 is 0. The lowest BCUT2D eigenvalue weighted by atomic mass is 10.1. The lowest BCUT2D eigenvalue weighted by Crippen LogP contribution is -2.17. The zero-order valence-corrected chi connectivity index (χ0v) is 15.7. The fraction of sp³-hybridized carbons (Fsp3) is 0. The average Bonchev–Trinajstić information content (AvgIpc) is 2.75. The summed E-state index contributed by atoms with van der Waals surface area (Å²) in [5.41, 5.74) is 6.99. The molecule has 2 amide bonds. The molecule has 0 aliphatic rings. The van der Waals surface area contributed by atoms with Crippen LogP contribution in [0.1, 0.15) is 31.8 Å². The summed E-state index contributed by atoms with van der Waals surface area (Å²) in [6.07, 6.45) is 2.95. The van der Waals surface area contributed by atoms with Crippen LogP contribution < -0.4 is 10.9 Å². The van der Waals surface area contributed by atoms with Gasteiger partial charge in [-0.3, -0.25) is 9.59 Å². The van der Waals surface area contributed by atoms with Gasteiger partial charge in [-0.15, -0.1) is 0 Å². The molecule has 3 aromatic carbocycles. The Hall–Kier alpha value is -4.46. The summed E-state index contributed by atoms with van der Waals surface area (Å²) in [4.78, 5) is 23.9. The highest BCUT2D eigenvalue weighted by atomic mass is 16.3. The lowest BCUT2D eigenvalue weighted by Gasteiger charge is -2.01. The molecule has 0 fully saturated rings. The van der Waals surface area contributed by atoms with Gasteiger partial charge in [0.1, 0.15) is 11.5 Å². The maximum Gasteiger partial charge on any atom is 0.271 e. The van der Waals surface area contributed by atoms with E-state index in [-0.39, 0.29) is 11.5 Å². The molecule has 4 N–H and O–H groups in total. The van der Waals surface area contributed by atoms with Crippen LogP contribution in [-0.4, -0.2) is 34.5 Å². The van der Waals surface area contributed by atoms with E-state index < -0.39 is 11.8 Å². The number of hydrazone groups is 2. The first-order chi connectivity index (χ1) is 14.5. The monoisotopic (exact) mass is 402 g/mol. The number of amides is 2. The van der Waals surface area contributed by atoms with Gasteiger partial charge >= 0.3 is 0 Å². The van der Waals surface area contributed by atoms with Gasteiger partial charge in [-0.05, 0) is 65.7 Å². The zero-order valence-electron chi connectivity index (χ0n) is 15.7. The van der Waals surface area contributed by atoms with Crippen molar-refractivity contribution in [2.24, 2.45) is 10.2 Å². The van der Waals surface area contributed by atoms with Crippen molar-refractivity contribution in [1.82, 2.24) is 10.9 Å². The van der Waals surface area contributed by atoms with Crippen molar-refractivity contribution < 1.29 is 19.8 Å². The van der Waals surface area contributed by atoms with Gasteiger partial charge in [-0.2, -0.15) is 10.2 Å². The zero-order chi connectivity index (χ0) is 21.3. The number of benzene rings is 3. The van der Waals surface area contributed by atoms with Crippen LogP contribution in [0.2, 0.25) is 0 Å². The molecule has 0 aliphatic carbocycles. The van der Waals surface area contributed by atoms with Crippen molar-refractivity contribution in [2.75, 3.05) is 0 Å². The minimum Gasteiger partial charge on any atom is -0.508 e. The van der Waals surface area contributed by atoms with Crippen molar-refractivity contribution >= 4 is 24.2 Å². The summed E-state index contributed by atoms with van der Waals surface area (Å²) in [6.45, 7) is 0. The fourth-order valence-corrected chi connectivity index (χ4v) is 2.41. The Bertz CT molecular complexity index is 1010. The average molecular weight is 402 g/mol. The van der Waals surface area contributed by atoms with Gasteiger partial charge in [-0.25, -0.2) is 10.9 Å². The van der Waals surface area contributed by atoms with Crippen molar-refractivity contribution in [3.8, 4) is 11.5 Å². The SMILES string of the molecule is O=C(N/N=C/c1cccc(/C=N/NC(=O)c2ccc(O)cc2)c1)c1ccc(O)cc1. The van der Waals surface area contributed by atoms with Gasteiger partial charge < -0.3 is 10.2 Å². The third-order valence-corrected chi connectivity index (χ3v) is 3.93. The largest absolute Gasteiger partial charge is 0.508 e. The molecule has 0 radical (unpaired) electrons. The van der Waals surface area contributed by atoms with E-state index in [0.29, 0.717) is 11.1 Å². The second-order valence-corrected chi connectivity index (χ2v) is 6.16. The third-order valence-electron chi connectivity index (χ3n) is 3.93. The van der Waals surface area contributed by atoms with E-state index in [1.807, 2.05) is 0 Å². The molecule has 0 saturated heterocycles. The number of nitrogens with zero attached hydrogens (tertiary/aromatic N) is 2. The number of carbonyl (C=O) groups excluding carboxylic acids is 2. The van der Waals surface area contributed by atoms with Crippen molar-refractivity contribution in [2.45, 2.75) is 0 Å². The van der Waals surface area contributed by atoms with Gasteiger partial charge in [0.25, 0.3) is 11.8 Å². The number of hydrogen-bond donors (Lipinski definition) is 4. The molecule has 0 aliphatic heterocycles. The molecule has 0 atom stereocenters. The first-order valence-electron chi connectivity index (χ1n) is 8.86. The molecule has 3 aromatic rings. The van der Waals surface area contributed by atoms with Gasteiger partial charge in [0.05, 0.1) is 12.4 Å². The number of nitrogens with one attached hydrogen (secondary N) is 2. The number of rotatable bonds is 6. The Morgan fingerprint density at radius 2 is 1.07 bits per heavy atom. The van der Waals surface area contributed by atoms with E-state index in [4.69, 9.17) is 0 Å². The molecule has 30 heavy (non-hydrogen) atoms. The van der Waals surface area contributed by atoms with Gasteiger partial charge in [-0.1, -0.05) is 18.2 Å². The standard InChI is InChI=1S/C22H18N4O4/c27-19-8-4-17(5-9-19)21(29)25-23-13-15-2-1-3-16(12-15)14-24-26-22(30)18-6-10-20(28)11-7-18/h1-14,27-28H,(H,25,29)(H,26,30)/b23-13+,24-14+. The van der Waals surface area contributed by atoms with Crippen LogP contribution >= 0.6 is 0 Å². The summed E-state index contributed by atoms with van der Waals surface area (Å²) in [5, 5.41) is 26.3. The van der Waals surface area contributed by atoms with Crippen LogP contribution in [0.15, 0.2) is 83.0 Å². The number of aromatic hydroxyl groups is 2. The summed E-state index contributed by atoms with van der Waals surface area (Å²) in [5.74, 6) is -0.651. The second-order valence-electron chi connectivity index (χ2n) is 6.16. The third kappa shape index (κ3) is 5.77. The van der Waals surface area contributed by atoms with E-state index in [1.54, 1.807) is 24.3 Å². The summed E-state index contributed by atoms with van der Waals surface area (Å²) in [7, 11) is 0. The van der Waals surface area contributed by atoms with Gasteiger partial charge in [0, 0.05) is 11.1 Å². The van der Waals surface area contributed by atoms with Crippen molar-refractivity contribution in [3.05, 3.63) is 95.1 Å². The van der Waals surface area contributed by atoms with E-state index in [0.717, 1.165) is 11.1 Å². The van der Waals surface area contributed by atoms with Crippen LogP contribution in [-0.2, 0) is 0 Å². The fourth-order valence-electron chi connectivity index (χ4n) is 2.41. The molecule has 0 heterocycles. The highest BCUT2D eigenvalue weighted by Crippen LogP contribution is 2.10. The normalized spacial score (nSPS) is 10.9. The van der Waals surface area contributed by atoms with Crippen LogP contribution in [0.5, 0.6) is 11.5 Å². The molecule has 8 heteroatoms. The minimum absolute atomic E-state index is 0.0767. The highest BCUT2D eigenvalue weighted by Gasteiger charge is 2.04. The predicted molar refractivity (Wildman–Crippen MR) is 113 cm³/mol. The molecular weight excluding hydrogens is 384 g/mol. The molecule has 150 valence electrons. The molecule has 8 nitrogen and oxygen atoms in total. The first kappa shape index (κ1) is 20.3. The Kier molecular flexibility index (Phi) is 6.52. The quantitative estimate of drug-likeness (QED) is 0.374. The Morgan fingerprint density at radius 1 is 0.667 bits per heavy atom. The molecule has 3 rings (SSSR count). The number of carbonyl (C=O) groups is 2. The molecule has 0 saturated carbocycles. The highest BCUT2D eigenvalue weighted by molar-refractivity contribution is 5.96. The maximum atomic E-state index is 12.0. The van der Waals surface area contributed by atoms with E-state index in [9.17, 15) is 19.8 Å². The molecule has 0 spiro atoms. The van der Waals surface area contributed by atoms with Crippen LogP contribution in [0.25, 0.3) is 0 Å². The Balaban J connectivity index is 1.56. The number of hydrogen-bond acceptors (Lipinski definition) is 6. The molecule has 0 unspecified atom stereocenters. The number of phenols is 2. The topological polar surface area (TPSA) is 123 Å². The van der Waals surface area contributed by atoms with E-state index in [2.05, 4.69) is 21.1 Å².